The molecule has 2 heterocycles. The number of hydrogen-bond acceptors (Lipinski definition) is 7. The van der Waals surface area contributed by atoms with Crippen LogP contribution >= 0.6 is 0 Å². The smallest absolute Gasteiger partial charge is 0.239 e. The van der Waals surface area contributed by atoms with E-state index in [1.165, 1.54) is 51.4 Å². The van der Waals surface area contributed by atoms with Gasteiger partial charge in [0.2, 0.25) is 5.91 Å². The number of morpholine rings is 1. The molecule has 1 amide bonds. The summed E-state index contributed by atoms with van der Waals surface area (Å²) in [4.78, 5) is 16.6. The first-order valence-corrected chi connectivity index (χ1v) is 19.3. The van der Waals surface area contributed by atoms with E-state index in [-0.39, 0.29) is 56.8 Å². The van der Waals surface area contributed by atoms with Crippen molar-refractivity contribution in [1.82, 2.24) is 9.80 Å². The van der Waals surface area contributed by atoms with E-state index in [0.29, 0.717) is 53.9 Å². The van der Waals surface area contributed by atoms with Gasteiger partial charge in [0, 0.05) is 27.2 Å². The van der Waals surface area contributed by atoms with Crippen molar-refractivity contribution in [3.63, 3.8) is 0 Å². The van der Waals surface area contributed by atoms with Gasteiger partial charge >= 0.3 is 0 Å². The molecule has 5 aliphatic carbocycles. The van der Waals surface area contributed by atoms with Crippen LogP contribution in [0.15, 0.2) is 0 Å². The highest BCUT2D eigenvalue weighted by Gasteiger charge is 2.80. The minimum atomic E-state index is -0.910. The zero-order valence-corrected chi connectivity index (χ0v) is 31.1. The summed E-state index contributed by atoms with van der Waals surface area (Å²) in [6.07, 6.45) is 12.5. The second-order valence-corrected chi connectivity index (χ2v) is 18.7. The number of amides is 1. The third kappa shape index (κ3) is 6.06. The number of nitrogens with zero attached hydrogens (tertiary/aromatic N) is 2. The molecule has 0 bridgehead atoms. The van der Waals surface area contributed by atoms with Crippen LogP contribution in [0.3, 0.4) is 0 Å². The molecule has 2 aliphatic heterocycles. The molecule has 49 heavy (non-hydrogen) atoms. The van der Waals surface area contributed by atoms with Crippen LogP contribution in [-0.4, -0.2) is 104 Å². The van der Waals surface area contributed by atoms with Gasteiger partial charge < -0.3 is 29.0 Å². The van der Waals surface area contributed by atoms with E-state index in [0.717, 1.165) is 31.2 Å². The van der Waals surface area contributed by atoms with Gasteiger partial charge in [0.1, 0.15) is 6.10 Å². The van der Waals surface area contributed by atoms with E-state index >= 15 is 0 Å². The van der Waals surface area contributed by atoms with Gasteiger partial charge in [0.05, 0.1) is 43.1 Å². The van der Waals surface area contributed by atoms with E-state index in [1.807, 2.05) is 41.8 Å². The first-order chi connectivity index (χ1) is 22.1. The fraction of sp³-hybridized carbons (Fsp3) is 0.976. The standard InChI is InChI=1S/C39H66N2O6.2CH4/c1-10-44-33(36(5,6)43)28-13-11-26-29(46-28)21-27-25-12-14-30-35(3,4)31(15-16-39(30)23-38(25,39)18-17-37(26,27)7)47-32-22-41(19-20-45-32)24(2)34(42)40(8)9;;/h24-33,43H,10-23H2,1-9H3;2*1H4/t24?,25?,26?,27?,28?,29?,30?,31-,32?,33-,37+,38-,39+;;/m0../s1. The van der Waals surface area contributed by atoms with Crippen LogP contribution < -0.4 is 0 Å². The molecule has 5 saturated carbocycles. The molecular weight excluding hydrogens is 616 g/mol. The Labute approximate surface area is 299 Å². The first kappa shape index (κ1) is 39.4. The molecule has 0 aromatic rings. The second-order valence-electron chi connectivity index (χ2n) is 18.7. The summed E-state index contributed by atoms with van der Waals surface area (Å²) < 4.78 is 26.2. The lowest BCUT2D eigenvalue weighted by Gasteiger charge is -2.60. The van der Waals surface area contributed by atoms with E-state index < -0.39 is 5.60 Å². The van der Waals surface area contributed by atoms with Crippen molar-refractivity contribution in [2.75, 3.05) is 40.4 Å². The molecule has 284 valence electrons. The molecule has 13 atom stereocenters. The van der Waals surface area contributed by atoms with Crippen molar-refractivity contribution < 1.29 is 28.8 Å². The van der Waals surface area contributed by atoms with Crippen LogP contribution in [0.25, 0.3) is 0 Å². The SMILES string of the molecule is C.C.CCO[C@@H](C1CCC2C(CC3C4CCC5C(C)(C)[C@@H](OC6CN(C(C)C(=O)N(C)C)CCO6)CC[C@@]56C[C@@]46CC[C@]23C)O1)C(C)(C)O. The molecule has 7 rings (SSSR count). The molecule has 2 spiro atoms. The van der Waals surface area contributed by atoms with Crippen molar-refractivity contribution in [3.05, 3.63) is 0 Å². The summed E-state index contributed by atoms with van der Waals surface area (Å²) >= 11 is 0. The highest BCUT2D eigenvalue weighted by molar-refractivity contribution is 5.80. The van der Waals surface area contributed by atoms with Gasteiger partial charge in [-0.2, -0.15) is 0 Å². The fourth-order valence-electron chi connectivity index (χ4n) is 13.4. The largest absolute Gasteiger partial charge is 0.388 e. The topological polar surface area (TPSA) is 80.7 Å². The second kappa shape index (κ2) is 13.6. The summed E-state index contributed by atoms with van der Waals surface area (Å²) in [5.74, 6) is 3.00. The molecule has 0 aromatic heterocycles. The minimum Gasteiger partial charge on any atom is -0.388 e. The van der Waals surface area contributed by atoms with Gasteiger partial charge in [0.25, 0.3) is 0 Å². The molecule has 2 saturated heterocycles. The van der Waals surface area contributed by atoms with Crippen molar-refractivity contribution in [1.29, 1.82) is 0 Å². The van der Waals surface area contributed by atoms with Crippen LogP contribution in [0.2, 0.25) is 0 Å². The van der Waals surface area contributed by atoms with Crippen LogP contribution in [0, 0.1) is 45.3 Å². The quantitative estimate of drug-likeness (QED) is 0.290. The molecule has 1 N–H and O–H groups in total. The Morgan fingerprint density at radius 3 is 2.39 bits per heavy atom. The van der Waals surface area contributed by atoms with Gasteiger partial charge in [0.15, 0.2) is 6.29 Å². The van der Waals surface area contributed by atoms with Gasteiger partial charge in [-0.05, 0) is 137 Å². The van der Waals surface area contributed by atoms with E-state index in [9.17, 15) is 9.90 Å². The number of likely N-dealkylation sites (N-methyl/N-ethyl adjacent to an activating group) is 1. The Hall–Kier alpha value is -0.770. The van der Waals surface area contributed by atoms with Gasteiger partial charge in [-0.25, -0.2) is 0 Å². The number of rotatable bonds is 8. The fourth-order valence-corrected chi connectivity index (χ4v) is 13.4. The minimum absolute atomic E-state index is 0. The predicted octanol–water partition coefficient (Wildman–Crippen LogP) is 7.16. The average molecular weight is 691 g/mol. The van der Waals surface area contributed by atoms with E-state index in [1.54, 1.807) is 4.90 Å². The zero-order valence-electron chi connectivity index (χ0n) is 31.1. The van der Waals surface area contributed by atoms with Crippen LogP contribution in [0.1, 0.15) is 128 Å². The third-order valence-corrected chi connectivity index (χ3v) is 15.7. The number of aliphatic hydroxyl groups is 1. The Bertz CT molecular complexity index is 1190. The normalized spacial score (nSPS) is 45.1. The van der Waals surface area contributed by atoms with Crippen molar-refractivity contribution >= 4 is 5.91 Å². The average Bonchev–Trinajstić information content (AvgIpc) is 3.59. The maximum Gasteiger partial charge on any atom is 0.239 e. The Balaban J connectivity index is 0.00000234. The maximum absolute atomic E-state index is 12.7. The van der Waals surface area contributed by atoms with Gasteiger partial charge in [-0.3, -0.25) is 9.69 Å². The van der Waals surface area contributed by atoms with Crippen LogP contribution in [-0.2, 0) is 23.7 Å². The van der Waals surface area contributed by atoms with Gasteiger partial charge in [-0.1, -0.05) is 35.6 Å². The van der Waals surface area contributed by atoms with Crippen molar-refractivity contribution in [3.8, 4) is 0 Å². The lowest BCUT2D eigenvalue weighted by atomic mass is 9.46. The summed E-state index contributed by atoms with van der Waals surface area (Å²) in [6, 6.07) is -0.162. The van der Waals surface area contributed by atoms with Crippen molar-refractivity contribution in [2.24, 2.45) is 45.3 Å². The molecule has 8 unspecified atom stereocenters. The molecular formula is C41H74N2O6. The number of fused-ring (bicyclic) bond motifs is 4. The Morgan fingerprint density at radius 1 is 1.00 bits per heavy atom. The van der Waals surface area contributed by atoms with E-state index in [4.69, 9.17) is 18.9 Å². The number of ether oxygens (including phenoxy) is 4. The van der Waals surface area contributed by atoms with Gasteiger partial charge in [-0.15, -0.1) is 0 Å². The zero-order chi connectivity index (χ0) is 33.7. The third-order valence-electron chi connectivity index (χ3n) is 15.7. The van der Waals surface area contributed by atoms with Crippen LogP contribution in [0.5, 0.6) is 0 Å². The predicted molar refractivity (Wildman–Crippen MR) is 195 cm³/mol. The molecule has 7 fully saturated rings. The highest BCUT2D eigenvalue weighted by Crippen LogP contribution is 2.87. The first-order valence-electron chi connectivity index (χ1n) is 19.3. The highest BCUT2D eigenvalue weighted by atomic mass is 16.7. The molecule has 8 heteroatoms. The Kier molecular flexibility index (Phi) is 10.9. The molecule has 8 nitrogen and oxygen atoms in total. The monoisotopic (exact) mass is 691 g/mol. The van der Waals surface area contributed by atoms with E-state index in [2.05, 4.69) is 25.7 Å². The van der Waals surface area contributed by atoms with Crippen LogP contribution in [0.4, 0.5) is 0 Å². The maximum atomic E-state index is 12.7. The number of hydrogen-bond donors (Lipinski definition) is 1. The van der Waals surface area contributed by atoms with Crippen molar-refractivity contribution in [2.45, 2.75) is 170 Å². The summed E-state index contributed by atoms with van der Waals surface area (Å²) in [6.45, 7) is 18.0. The molecule has 0 radical (unpaired) electrons. The number of carbonyl (C=O) groups is 1. The molecule has 0 aromatic carbocycles. The Morgan fingerprint density at radius 2 is 1.71 bits per heavy atom. The summed E-state index contributed by atoms with van der Waals surface area (Å²) in [5.41, 5.74) is 0.507. The lowest BCUT2D eigenvalue weighted by molar-refractivity contribution is -0.247. The summed E-state index contributed by atoms with van der Waals surface area (Å²) in [7, 11) is 3.67. The molecule has 7 aliphatic rings. The number of carbonyl (C=O) groups excluding carboxylic acids is 1. The summed E-state index contributed by atoms with van der Waals surface area (Å²) in [5, 5.41) is 10.9. The lowest BCUT2D eigenvalue weighted by Crippen LogP contribution is -2.57.